The summed E-state index contributed by atoms with van der Waals surface area (Å²) >= 11 is 1.58. The molecule has 0 radical (unpaired) electrons. The molecule has 1 aromatic carbocycles. The van der Waals surface area contributed by atoms with Crippen molar-refractivity contribution in [2.75, 3.05) is 18.5 Å². The first-order valence-corrected chi connectivity index (χ1v) is 7.88. The van der Waals surface area contributed by atoms with Crippen molar-refractivity contribution in [2.24, 2.45) is 0 Å². The van der Waals surface area contributed by atoms with Gasteiger partial charge in [-0.05, 0) is 41.8 Å². The lowest BCUT2D eigenvalue weighted by Crippen LogP contribution is -2.12. The Hall–Kier alpha value is -2.64. The van der Waals surface area contributed by atoms with Crippen LogP contribution >= 0.6 is 11.3 Å². The van der Waals surface area contributed by atoms with Gasteiger partial charge in [-0.2, -0.15) is 5.10 Å². The Bertz CT molecular complexity index is 766. The second kappa shape index (κ2) is 7.08. The second-order valence-electron chi connectivity index (χ2n) is 4.69. The molecule has 2 heterocycles. The molecule has 3 N–H and O–H groups in total. The number of benzene rings is 1. The number of rotatable bonds is 6. The average molecular weight is 329 g/mol. The van der Waals surface area contributed by atoms with Crippen LogP contribution in [0.2, 0.25) is 0 Å². The van der Waals surface area contributed by atoms with Crippen molar-refractivity contribution in [3.05, 3.63) is 53.5 Å². The second-order valence-corrected chi connectivity index (χ2v) is 5.64. The average Bonchev–Trinajstić information content (AvgIpc) is 3.25. The SMILES string of the molecule is O=C(Nc1ccc(OCCO)cc1)c1cc(-c2cccs2)[nH]n1. The molecule has 3 rings (SSSR count). The van der Waals surface area contributed by atoms with Gasteiger partial charge in [0.05, 0.1) is 17.2 Å². The Morgan fingerprint density at radius 1 is 1.30 bits per heavy atom. The van der Waals surface area contributed by atoms with E-state index in [1.165, 1.54) is 0 Å². The van der Waals surface area contributed by atoms with Crippen LogP contribution in [-0.4, -0.2) is 34.4 Å². The molecule has 0 aliphatic rings. The number of hydrogen-bond donors (Lipinski definition) is 3. The number of amides is 1. The van der Waals surface area contributed by atoms with Gasteiger partial charge >= 0.3 is 0 Å². The number of hydrogen-bond acceptors (Lipinski definition) is 5. The van der Waals surface area contributed by atoms with Gasteiger partial charge in [0.2, 0.25) is 0 Å². The molecule has 0 aliphatic carbocycles. The molecule has 6 nitrogen and oxygen atoms in total. The van der Waals surface area contributed by atoms with Crippen molar-refractivity contribution in [1.29, 1.82) is 0 Å². The summed E-state index contributed by atoms with van der Waals surface area (Å²) in [5.74, 6) is 0.352. The number of carbonyl (C=O) groups is 1. The van der Waals surface area contributed by atoms with Gasteiger partial charge in [-0.15, -0.1) is 11.3 Å². The summed E-state index contributed by atoms with van der Waals surface area (Å²) in [5.41, 5.74) is 1.79. The normalized spacial score (nSPS) is 10.5. The van der Waals surface area contributed by atoms with Gasteiger partial charge in [-0.25, -0.2) is 0 Å². The highest BCUT2D eigenvalue weighted by atomic mass is 32.1. The van der Waals surface area contributed by atoms with E-state index >= 15 is 0 Å². The number of aromatic amines is 1. The van der Waals surface area contributed by atoms with Crippen LogP contribution in [0.5, 0.6) is 5.75 Å². The number of nitrogens with one attached hydrogen (secondary N) is 2. The molecule has 0 aliphatic heterocycles. The smallest absolute Gasteiger partial charge is 0.276 e. The molecule has 3 aromatic rings. The zero-order chi connectivity index (χ0) is 16.1. The zero-order valence-electron chi connectivity index (χ0n) is 12.2. The molecule has 118 valence electrons. The number of aliphatic hydroxyl groups excluding tert-OH is 1. The first-order chi connectivity index (χ1) is 11.3. The third-order valence-electron chi connectivity index (χ3n) is 3.07. The fourth-order valence-electron chi connectivity index (χ4n) is 1.99. The van der Waals surface area contributed by atoms with Crippen LogP contribution in [0, 0.1) is 0 Å². The van der Waals surface area contributed by atoms with Crippen LogP contribution in [0.1, 0.15) is 10.5 Å². The van der Waals surface area contributed by atoms with E-state index in [0.29, 0.717) is 17.1 Å². The van der Waals surface area contributed by atoms with E-state index in [-0.39, 0.29) is 19.1 Å². The Kier molecular flexibility index (Phi) is 4.70. The van der Waals surface area contributed by atoms with Gasteiger partial charge in [0.15, 0.2) is 5.69 Å². The summed E-state index contributed by atoms with van der Waals surface area (Å²) in [6.07, 6.45) is 0. The van der Waals surface area contributed by atoms with Crippen molar-refractivity contribution in [1.82, 2.24) is 10.2 Å². The molecule has 0 spiro atoms. The van der Waals surface area contributed by atoms with E-state index in [1.807, 2.05) is 17.5 Å². The Balaban J connectivity index is 1.65. The van der Waals surface area contributed by atoms with E-state index < -0.39 is 0 Å². The number of nitrogens with zero attached hydrogens (tertiary/aromatic N) is 1. The Labute approximate surface area is 136 Å². The van der Waals surface area contributed by atoms with Crippen LogP contribution in [-0.2, 0) is 0 Å². The maximum absolute atomic E-state index is 12.2. The van der Waals surface area contributed by atoms with Gasteiger partial charge in [0, 0.05) is 5.69 Å². The van der Waals surface area contributed by atoms with Crippen molar-refractivity contribution >= 4 is 22.9 Å². The topological polar surface area (TPSA) is 87.2 Å². The maximum atomic E-state index is 12.2. The summed E-state index contributed by atoms with van der Waals surface area (Å²) in [5, 5.41) is 20.4. The maximum Gasteiger partial charge on any atom is 0.276 e. The molecular formula is C16H15N3O3S. The monoisotopic (exact) mass is 329 g/mol. The van der Waals surface area contributed by atoms with E-state index in [2.05, 4.69) is 15.5 Å². The Morgan fingerprint density at radius 2 is 2.13 bits per heavy atom. The molecule has 0 unspecified atom stereocenters. The summed E-state index contributed by atoms with van der Waals surface area (Å²) in [6.45, 7) is 0.203. The van der Waals surface area contributed by atoms with Crippen LogP contribution in [0.3, 0.4) is 0 Å². The third kappa shape index (κ3) is 3.77. The zero-order valence-corrected chi connectivity index (χ0v) is 13.0. The van der Waals surface area contributed by atoms with E-state index in [0.717, 1.165) is 10.6 Å². The lowest BCUT2D eigenvalue weighted by atomic mass is 10.2. The van der Waals surface area contributed by atoms with Crippen molar-refractivity contribution < 1.29 is 14.6 Å². The van der Waals surface area contributed by atoms with Crippen molar-refractivity contribution in [3.8, 4) is 16.3 Å². The minimum atomic E-state index is -0.284. The summed E-state index contributed by atoms with van der Waals surface area (Å²) in [6, 6.07) is 12.6. The predicted octanol–water partition coefficient (Wildman–Crippen LogP) is 2.76. The highest BCUT2D eigenvalue weighted by molar-refractivity contribution is 7.13. The van der Waals surface area contributed by atoms with E-state index in [4.69, 9.17) is 9.84 Å². The molecule has 0 saturated carbocycles. The standard InChI is InChI=1S/C16H15N3O3S/c20-7-8-22-12-5-3-11(4-6-12)17-16(21)14-10-13(18-19-14)15-2-1-9-23-15/h1-6,9-10,20H,7-8H2,(H,17,21)(H,18,19). The lowest BCUT2D eigenvalue weighted by Gasteiger charge is -2.06. The Morgan fingerprint density at radius 3 is 2.83 bits per heavy atom. The number of carbonyl (C=O) groups excluding carboxylic acids is 1. The summed E-state index contributed by atoms with van der Waals surface area (Å²) in [4.78, 5) is 13.2. The first kappa shape index (κ1) is 15.3. The number of aromatic nitrogens is 2. The predicted molar refractivity (Wildman–Crippen MR) is 88.9 cm³/mol. The van der Waals surface area contributed by atoms with Crippen LogP contribution in [0.15, 0.2) is 47.8 Å². The van der Waals surface area contributed by atoms with Crippen molar-refractivity contribution in [3.63, 3.8) is 0 Å². The third-order valence-corrected chi connectivity index (χ3v) is 3.97. The fourth-order valence-corrected chi connectivity index (χ4v) is 2.68. The highest BCUT2D eigenvalue weighted by Gasteiger charge is 2.12. The highest BCUT2D eigenvalue weighted by Crippen LogP contribution is 2.23. The van der Waals surface area contributed by atoms with Crippen LogP contribution in [0.4, 0.5) is 5.69 Å². The number of aliphatic hydroxyl groups is 1. The van der Waals surface area contributed by atoms with Crippen LogP contribution in [0.25, 0.3) is 10.6 Å². The van der Waals surface area contributed by atoms with Crippen molar-refractivity contribution in [2.45, 2.75) is 0 Å². The molecule has 7 heteroatoms. The molecule has 0 bridgehead atoms. The van der Waals surface area contributed by atoms with Gasteiger partial charge < -0.3 is 15.2 Å². The van der Waals surface area contributed by atoms with Gasteiger partial charge in [0.25, 0.3) is 5.91 Å². The van der Waals surface area contributed by atoms with E-state index in [9.17, 15) is 4.79 Å². The first-order valence-electron chi connectivity index (χ1n) is 7.00. The number of thiophene rings is 1. The molecule has 0 saturated heterocycles. The molecular weight excluding hydrogens is 314 g/mol. The molecule has 1 amide bonds. The molecule has 0 fully saturated rings. The van der Waals surface area contributed by atoms with E-state index in [1.54, 1.807) is 41.7 Å². The molecule has 23 heavy (non-hydrogen) atoms. The summed E-state index contributed by atoms with van der Waals surface area (Å²) < 4.78 is 5.27. The van der Waals surface area contributed by atoms with Crippen LogP contribution < -0.4 is 10.1 Å². The minimum absolute atomic E-state index is 0.0375. The fraction of sp³-hybridized carbons (Fsp3) is 0.125. The van der Waals surface area contributed by atoms with Gasteiger partial charge in [-0.1, -0.05) is 6.07 Å². The number of ether oxygens (including phenoxy) is 1. The van der Waals surface area contributed by atoms with Gasteiger partial charge in [0.1, 0.15) is 12.4 Å². The largest absolute Gasteiger partial charge is 0.491 e. The lowest BCUT2D eigenvalue weighted by molar-refractivity contribution is 0.102. The summed E-state index contributed by atoms with van der Waals surface area (Å²) in [7, 11) is 0. The molecule has 0 atom stereocenters. The number of anilines is 1. The number of H-pyrrole nitrogens is 1. The minimum Gasteiger partial charge on any atom is -0.491 e. The van der Waals surface area contributed by atoms with Gasteiger partial charge in [-0.3, -0.25) is 9.89 Å². The quantitative estimate of drug-likeness (QED) is 0.649. The molecule has 2 aromatic heterocycles.